The highest BCUT2D eigenvalue weighted by Gasteiger charge is 2.14. The zero-order chi connectivity index (χ0) is 12.8. The maximum atomic E-state index is 11.4. The fraction of sp³-hybridized carbons (Fsp3) is 0.545. The van der Waals surface area contributed by atoms with Gasteiger partial charge in [0.25, 0.3) is 0 Å². The summed E-state index contributed by atoms with van der Waals surface area (Å²) in [6.07, 6.45) is 0.857. The van der Waals surface area contributed by atoms with Crippen molar-refractivity contribution >= 4 is 28.3 Å². The van der Waals surface area contributed by atoms with Crippen LogP contribution < -0.4 is 10.6 Å². The maximum absolute atomic E-state index is 11.4. The summed E-state index contributed by atoms with van der Waals surface area (Å²) in [6.45, 7) is 6.46. The van der Waals surface area contributed by atoms with Crippen molar-refractivity contribution in [2.45, 2.75) is 27.2 Å². The number of hydrogen-bond donors (Lipinski definition) is 2. The third-order valence-electron chi connectivity index (χ3n) is 2.05. The standard InChI is InChI=1S/C11H17N3O2S/c1-7(2)4-5-12-9(15)10(16)14-11-13-8(3)6-17-11/h6-7H,4-5H2,1-3H3,(H,12,15)(H,13,14,16). The van der Waals surface area contributed by atoms with E-state index in [1.54, 1.807) is 0 Å². The van der Waals surface area contributed by atoms with E-state index in [2.05, 4.69) is 29.5 Å². The molecule has 0 saturated carbocycles. The molecule has 0 radical (unpaired) electrons. The fourth-order valence-electron chi connectivity index (χ4n) is 1.12. The molecule has 0 aliphatic rings. The van der Waals surface area contributed by atoms with Gasteiger partial charge in [-0.05, 0) is 19.3 Å². The maximum Gasteiger partial charge on any atom is 0.315 e. The first-order valence-electron chi connectivity index (χ1n) is 5.50. The highest BCUT2D eigenvalue weighted by molar-refractivity contribution is 7.14. The molecule has 0 unspecified atom stereocenters. The number of aromatic nitrogens is 1. The molecule has 1 rings (SSSR count). The summed E-state index contributed by atoms with van der Waals surface area (Å²) < 4.78 is 0. The molecule has 0 aliphatic carbocycles. The summed E-state index contributed by atoms with van der Waals surface area (Å²) >= 11 is 1.30. The predicted molar refractivity (Wildman–Crippen MR) is 67.9 cm³/mol. The highest BCUT2D eigenvalue weighted by atomic mass is 32.1. The minimum Gasteiger partial charge on any atom is -0.348 e. The van der Waals surface area contributed by atoms with Crippen molar-refractivity contribution in [3.05, 3.63) is 11.1 Å². The number of amides is 2. The number of rotatable bonds is 4. The summed E-state index contributed by atoms with van der Waals surface area (Å²) in [4.78, 5) is 26.9. The van der Waals surface area contributed by atoms with Gasteiger partial charge in [-0.2, -0.15) is 0 Å². The SMILES string of the molecule is Cc1csc(NC(=O)C(=O)NCCC(C)C)n1. The zero-order valence-electron chi connectivity index (χ0n) is 10.2. The van der Waals surface area contributed by atoms with Crippen LogP contribution in [0.25, 0.3) is 0 Å². The lowest BCUT2D eigenvalue weighted by atomic mass is 10.1. The van der Waals surface area contributed by atoms with Crippen LogP contribution in [0.15, 0.2) is 5.38 Å². The van der Waals surface area contributed by atoms with Gasteiger partial charge in [-0.3, -0.25) is 14.9 Å². The van der Waals surface area contributed by atoms with Gasteiger partial charge in [-0.15, -0.1) is 11.3 Å². The Morgan fingerprint density at radius 1 is 1.41 bits per heavy atom. The summed E-state index contributed by atoms with van der Waals surface area (Å²) in [5, 5.41) is 7.29. The van der Waals surface area contributed by atoms with Gasteiger partial charge in [0.2, 0.25) is 0 Å². The Bertz CT molecular complexity index is 401. The molecule has 2 amide bonds. The third-order valence-corrected chi connectivity index (χ3v) is 2.93. The van der Waals surface area contributed by atoms with E-state index in [1.165, 1.54) is 11.3 Å². The molecule has 1 aromatic heterocycles. The topological polar surface area (TPSA) is 71.1 Å². The van der Waals surface area contributed by atoms with E-state index in [9.17, 15) is 9.59 Å². The first kappa shape index (κ1) is 13.6. The summed E-state index contributed by atoms with van der Waals surface area (Å²) in [7, 11) is 0. The molecule has 6 heteroatoms. The van der Waals surface area contributed by atoms with Gasteiger partial charge < -0.3 is 5.32 Å². The van der Waals surface area contributed by atoms with E-state index in [-0.39, 0.29) is 0 Å². The van der Waals surface area contributed by atoms with Gasteiger partial charge >= 0.3 is 11.8 Å². The molecule has 2 N–H and O–H groups in total. The predicted octanol–water partition coefficient (Wildman–Crippen LogP) is 1.55. The fourth-order valence-corrected chi connectivity index (χ4v) is 1.80. The lowest BCUT2D eigenvalue weighted by Crippen LogP contribution is -2.36. The van der Waals surface area contributed by atoms with E-state index >= 15 is 0 Å². The second-order valence-electron chi connectivity index (χ2n) is 4.19. The van der Waals surface area contributed by atoms with Crippen LogP contribution in [0.5, 0.6) is 0 Å². The summed E-state index contributed by atoms with van der Waals surface area (Å²) in [5.74, 6) is -0.776. The van der Waals surface area contributed by atoms with E-state index in [1.807, 2.05) is 12.3 Å². The Hall–Kier alpha value is -1.43. The quantitative estimate of drug-likeness (QED) is 0.802. The van der Waals surface area contributed by atoms with E-state index in [0.29, 0.717) is 17.6 Å². The molecule has 0 atom stereocenters. The van der Waals surface area contributed by atoms with Crippen molar-refractivity contribution in [3.8, 4) is 0 Å². The monoisotopic (exact) mass is 255 g/mol. The molecule has 5 nitrogen and oxygen atoms in total. The van der Waals surface area contributed by atoms with Crippen molar-refractivity contribution in [2.24, 2.45) is 5.92 Å². The van der Waals surface area contributed by atoms with Crippen LogP contribution in [0.2, 0.25) is 0 Å². The van der Waals surface area contributed by atoms with Crippen molar-refractivity contribution in [1.82, 2.24) is 10.3 Å². The molecule has 17 heavy (non-hydrogen) atoms. The average Bonchev–Trinajstić information content (AvgIpc) is 2.63. The van der Waals surface area contributed by atoms with E-state index in [0.717, 1.165) is 12.1 Å². The van der Waals surface area contributed by atoms with Gasteiger partial charge in [0.05, 0.1) is 5.69 Å². The first-order valence-corrected chi connectivity index (χ1v) is 6.38. The van der Waals surface area contributed by atoms with Crippen molar-refractivity contribution in [3.63, 3.8) is 0 Å². The Kier molecular flexibility index (Phi) is 5.09. The number of carbonyl (C=O) groups is 2. The number of carbonyl (C=O) groups excluding carboxylic acids is 2. The molecule has 1 heterocycles. The molecule has 94 valence electrons. The molecule has 1 aromatic rings. The van der Waals surface area contributed by atoms with Crippen LogP contribution in [0.3, 0.4) is 0 Å². The number of aryl methyl sites for hydroxylation is 1. The number of thiazole rings is 1. The minimum atomic E-state index is -0.664. The lowest BCUT2D eigenvalue weighted by molar-refractivity contribution is -0.136. The highest BCUT2D eigenvalue weighted by Crippen LogP contribution is 2.13. The molecular formula is C11H17N3O2S. The minimum absolute atomic E-state index is 0.450. The Balaban J connectivity index is 2.34. The van der Waals surface area contributed by atoms with E-state index in [4.69, 9.17) is 0 Å². The number of nitrogens with one attached hydrogen (secondary N) is 2. The van der Waals surface area contributed by atoms with E-state index < -0.39 is 11.8 Å². The van der Waals surface area contributed by atoms with Crippen LogP contribution in [-0.4, -0.2) is 23.3 Å². The van der Waals surface area contributed by atoms with Crippen LogP contribution in [0, 0.1) is 12.8 Å². The molecule has 0 spiro atoms. The second-order valence-corrected chi connectivity index (χ2v) is 5.04. The third kappa shape index (κ3) is 4.95. The van der Waals surface area contributed by atoms with Gasteiger partial charge in [0.15, 0.2) is 5.13 Å². The molecular weight excluding hydrogens is 238 g/mol. The molecule has 0 saturated heterocycles. The Labute approximate surface area is 105 Å². The summed E-state index contributed by atoms with van der Waals surface area (Å²) in [6, 6.07) is 0. The number of nitrogens with zero attached hydrogens (tertiary/aromatic N) is 1. The van der Waals surface area contributed by atoms with Crippen LogP contribution in [0.4, 0.5) is 5.13 Å². The second kappa shape index (κ2) is 6.34. The molecule has 0 aliphatic heterocycles. The van der Waals surface area contributed by atoms with Gasteiger partial charge in [-0.1, -0.05) is 13.8 Å². The van der Waals surface area contributed by atoms with Crippen molar-refractivity contribution < 1.29 is 9.59 Å². The molecule has 0 fully saturated rings. The number of hydrogen-bond acceptors (Lipinski definition) is 4. The van der Waals surface area contributed by atoms with Gasteiger partial charge in [0, 0.05) is 11.9 Å². The average molecular weight is 255 g/mol. The van der Waals surface area contributed by atoms with Crippen LogP contribution in [0.1, 0.15) is 26.0 Å². The van der Waals surface area contributed by atoms with Crippen LogP contribution in [-0.2, 0) is 9.59 Å². The van der Waals surface area contributed by atoms with Crippen molar-refractivity contribution in [2.75, 3.05) is 11.9 Å². The Morgan fingerprint density at radius 3 is 2.65 bits per heavy atom. The summed E-state index contributed by atoms with van der Waals surface area (Å²) in [5.41, 5.74) is 0.825. The molecule has 0 bridgehead atoms. The van der Waals surface area contributed by atoms with Crippen LogP contribution >= 0.6 is 11.3 Å². The smallest absolute Gasteiger partial charge is 0.315 e. The first-order chi connectivity index (χ1) is 7.99. The Morgan fingerprint density at radius 2 is 2.12 bits per heavy atom. The molecule has 0 aromatic carbocycles. The largest absolute Gasteiger partial charge is 0.348 e. The normalized spacial score (nSPS) is 10.4. The van der Waals surface area contributed by atoms with Gasteiger partial charge in [0.1, 0.15) is 0 Å². The lowest BCUT2D eigenvalue weighted by Gasteiger charge is -2.06. The zero-order valence-corrected chi connectivity index (χ0v) is 11.1. The number of anilines is 1. The van der Waals surface area contributed by atoms with Gasteiger partial charge in [-0.25, -0.2) is 4.98 Å². The van der Waals surface area contributed by atoms with Crippen molar-refractivity contribution in [1.29, 1.82) is 0 Å².